The first-order valence-electron chi connectivity index (χ1n) is 14.7. The minimum absolute atomic E-state index is 0.0982. The predicted molar refractivity (Wildman–Crippen MR) is 153 cm³/mol. The Bertz CT molecular complexity index is 760. The Hall–Kier alpha value is -1.84. The van der Waals surface area contributed by atoms with Gasteiger partial charge in [0.05, 0.1) is 36.1 Å². The molecule has 2 saturated heterocycles. The molecule has 0 aromatic rings. The molecule has 4 amide bonds. The van der Waals surface area contributed by atoms with E-state index in [0.717, 1.165) is 0 Å². The minimum atomic E-state index is -0.461. The number of nitrogens with zero attached hydrogens (tertiary/aromatic N) is 2. The van der Waals surface area contributed by atoms with Crippen LogP contribution in [0.25, 0.3) is 0 Å². The van der Waals surface area contributed by atoms with E-state index >= 15 is 0 Å². The summed E-state index contributed by atoms with van der Waals surface area (Å²) in [7, 11) is 0. The summed E-state index contributed by atoms with van der Waals surface area (Å²) in [6, 6.07) is 0. The molecule has 9 nitrogen and oxygen atoms in total. The lowest BCUT2D eigenvalue weighted by atomic mass is 9.99. The molecule has 1 unspecified atom stereocenters. The zero-order valence-electron chi connectivity index (χ0n) is 26.6. The lowest BCUT2D eigenvalue weighted by Crippen LogP contribution is -2.40. The molecule has 228 valence electrons. The second-order valence-electron chi connectivity index (χ2n) is 11.5. The van der Waals surface area contributed by atoms with Crippen LogP contribution >= 0.6 is 0 Å². The summed E-state index contributed by atoms with van der Waals surface area (Å²) in [5, 5.41) is 0. The van der Waals surface area contributed by atoms with Crippen molar-refractivity contribution >= 4 is 23.6 Å². The number of hydrogen-bond acceptors (Lipinski definition) is 7. The molecule has 0 aromatic carbocycles. The maximum atomic E-state index is 11.8. The zero-order chi connectivity index (χ0) is 30.4. The van der Waals surface area contributed by atoms with Crippen molar-refractivity contribution < 1.29 is 33.4 Å². The number of likely N-dealkylation sites (tertiary alicyclic amines) is 2. The van der Waals surface area contributed by atoms with E-state index in [4.69, 9.17) is 14.2 Å². The van der Waals surface area contributed by atoms with Gasteiger partial charge < -0.3 is 14.2 Å². The van der Waals surface area contributed by atoms with Crippen LogP contribution in [-0.2, 0) is 33.4 Å². The number of amides is 4. The first-order chi connectivity index (χ1) is 18.1. The van der Waals surface area contributed by atoms with Crippen LogP contribution in [0.2, 0.25) is 0 Å². The molecular formula is C30H56N2O7. The molecule has 0 aliphatic carbocycles. The third-order valence-corrected chi connectivity index (χ3v) is 6.54. The van der Waals surface area contributed by atoms with Crippen molar-refractivity contribution in [3.05, 3.63) is 0 Å². The summed E-state index contributed by atoms with van der Waals surface area (Å²) >= 11 is 0. The van der Waals surface area contributed by atoms with Crippen molar-refractivity contribution in [3.63, 3.8) is 0 Å². The van der Waals surface area contributed by atoms with Crippen molar-refractivity contribution in [2.45, 2.75) is 144 Å². The molecule has 2 aliphatic rings. The molecule has 2 aliphatic heterocycles. The van der Waals surface area contributed by atoms with Gasteiger partial charge in [-0.05, 0) is 67.7 Å². The van der Waals surface area contributed by atoms with Crippen LogP contribution < -0.4 is 0 Å². The first-order valence-corrected chi connectivity index (χ1v) is 14.7. The lowest BCUT2D eigenvalue weighted by Gasteiger charge is -2.37. The van der Waals surface area contributed by atoms with Gasteiger partial charge in [0.2, 0.25) is 23.6 Å². The fourth-order valence-electron chi connectivity index (χ4n) is 4.39. The number of ether oxygens (including phenoxy) is 3. The van der Waals surface area contributed by atoms with E-state index in [2.05, 4.69) is 0 Å². The molecule has 0 bridgehead atoms. The second-order valence-corrected chi connectivity index (χ2v) is 11.5. The maximum absolute atomic E-state index is 11.8. The van der Waals surface area contributed by atoms with Gasteiger partial charge in [-0.3, -0.25) is 29.0 Å². The number of carbonyl (C=O) groups excluding carboxylic acids is 4. The molecular weight excluding hydrogens is 500 g/mol. The Morgan fingerprint density at radius 1 is 0.641 bits per heavy atom. The lowest BCUT2D eigenvalue weighted by molar-refractivity contribution is -0.152. The second kappa shape index (κ2) is 17.1. The molecule has 2 heterocycles. The van der Waals surface area contributed by atoms with Gasteiger partial charge in [0.15, 0.2) is 0 Å². The van der Waals surface area contributed by atoms with Gasteiger partial charge in [0.1, 0.15) is 0 Å². The summed E-state index contributed by atoms with van der Waals surface area (Å²) in [5.41, 5.74) is -1.33. The number of imide groups is 2. The molecule has 9 heteroatoms. The number of carbonyl (C=O) groups is 4. The van der Waals surface area contributed by atoms with E-state index in [-0.39, 0.29) is 36.3 Å². The molecule has 0 N–H and O–H groups in total. The standard InChI is InChI=1S/C26H44N2O7.2C2H6/c1-19(18-28-22(31)10-11-23(28)32)33-16-13-25(4,5)35-26(6,7)14-17-34-24(2,3)12-15-27-20(29)8-9-21(27)30;2*1-2/h19H,8-18H2,1-7H3;2*1-2H3. The van der Waals surface area contributed by atoms with Crippen LogP contribution in [0.15, 0.2) is 0 Å². The van der Waals surface area contributed by atoms with E-state index in [1.54, 1.807) is 0 Å². The quantitative estimate of drug-likeness (QED) is 0.253. The van der Waals surface area contributed by atoms with Crippen molar-refractivity contribution in [3.8, 4) is 0 Å². The summed E-state index contributed by atoms with van der Waals surface area (Å²) in [4.78, 5) is 49.8. The van der Waals surface area contributed by atoms with Crippen molar-refractivity contribution in [2.24, 2.45) is 0 Å². The van der Waals surface area contributed by atoms with Gasteiger partial charge in [-0.2, -0.15) is 0 Å². The highest BCUT2D eigenvalue weighted by molar-refractivity contribution is 6.02. The molecule has 0 spiro atoms. The van der Waals surface area contributed by atoms with Gasteiger partial charge in [0, 0.05) is 38.8 Å². The van der Waals surface area contributed by atoms with Crippen LogP contribution in [-0.4, -0.2) is 82.6 Å². The average molecular weight is 557 g/mol. The number of hydrogen-bond donors (Lipinski definition) is 0. The van der Waals surface area contributed by atoms with Gasteiger partial charge in [0.25, 0.3) is 0 Å². The Labute approximate surface area is 237 Å². The molecule has 1 atom stereocenters. The van der Waals surface area contributed by atoms with Crippen LogP contribution in [0, 0.1) is 0 Å². The predicted octanol–water partition coefficient (Wildman–Crippen LogP) is 5.28. The Kier molecular flexibility index (Phi) is 16.3. The molecule has 39 heavy (non-hydrogen) atoms. The highest BCUT2D eigenvalue weighted by atomic mass is 16.5. The molecule has 0 saturated carbocycles. The van der Waals surface area contributed by atoms with E-state index < -0.39 is 16.8 Å². The van der Waals surface area contributed by atoms with E-state index in [0.29, 0.717) is 64.7 Å². The van der Waals surface area contributed by atoms with Gasteiger partial charge in [-0.25, -0.2) is 0 Å². The SMILES string of the molecule is CC.CC.CC(CN1C(=O)CCC1=O)OCCC(C)(C)OC(C)(C)CCOC(C)(C)CCN1C(=O)CCC1=O. The van der Waals surface area contributed by atoms with E-state index in [1.165, 1.54) is 9.80 Å². The summed E-state index contributed by atoms with van der Waals surface area (Å²) in [6.07, 6.45) is 2.89. The van der Waals surface area contributed by atoms with Crippen LogP contribution in [0.3, 0.4) is 0 Å². The summed E-state index contributed by atoms with van der Waals surface area (Å²) in [5.74, 6) is -0.448. The fraction of sp³-hybridized carbons (Fsp3) is 0.867. The van der Waals surface area contributed by atoms with Gasteiger partial charge >= 0.3 is 0 Å². The summed E-state index contributed by atoms with van der Waals surface area (Å²) in [6.45, 7) is 23.5. The Morgan fingerprint density at radius 2 is 1.05 bits per heavy atom. The normalized spacial score (nSPS) is 17.2. The monoisotopic (exact) mass is 556 g/mol. The minimum Gasteiger partial charge on any atom is -0.377 e. The summed E-state index contributed by atoms with van der Waals surface area (Å²) < 4.78 is 18.3. The maximum Gasteiger partial charge on any atom is 0.229 e. The smallest absolute Gasteiger partial charge is 0.229 e. The van der Waals surface area contributed by atoms with Crippen molar-refractivity contribution in [2.75, 3.05) is 26.3 Å². The van der Waals surface area contributed by atoms with Crippen LogP contribution in [0.4, 0.5) is 0 Å². The van der Waals surface area contributed by atoms with E-state index in [1.807, 2.05) is 76.2 Å². The third-order valence-electron chi connectivity index (χ3n) is 6.54. The van der Waals surface area contributed by atoms with Crippen molar-refractivity contribution in [1.82, 2.24) is 9.80 Å². The average Bonchev–Trinajstić information content (AvgIpc) is 3.34. The van der Waals surface area contributed by atoms with E-state index in [9.17, 15) is 19.2 Å². The highest BCUT2D eigenvalue weighted by Gasteiger charge is 2.33. The highest BCUT2D eigenvalue weighted by Crippen LogP contribution is 2.27. The van der Waals surface area contributed by atoms with Crippen molar-refractivity contribution in [1.29, 1.82) is 0 Å². The molecule has 2 rings (SSSR count). The number of rotatable bonds is 15. The third kappa shape index (κ3) is 13.9. The molecule has 0 aromatic heterocycles. The molecule has 0 radical (unpaired) electrons. The fourth-order valence-corrected chi connectivity index (χ4v) is 4.39. The largest absolute Gasteiger partial charge is 0.377 e. The van der Waals surface area contributed by atoms with Crippen LogP contribution in [0.5, 0.6) is 0 Å². The first kappa shape index (κ1) is 37.2. The van der Waals surface area contributed by atoms with Gasteiger partial charge in [-0.1, -0.05) is 27.7 Å². The van der Waals surface area contributed by atoms with Crippen LogP contribution in [0.1, 0.15) is 121 Å². The topological polar surface area (TPSA) is 102 Å². The Balaban J connectivity index is 0.00000344. The Morgan fingerprint density at radius 3 is 1.51 bits per heavy atom. The zero-order valence-corrected chi connectivity index (χ0v) is 26.6. The van der Waals surface area contributed by atoms with Gasteiger partial charge in [-0.15, -0.1) is 0 Å². The molecule has 2 fully saturated rings.